The first kappa shape index (κ1) is 22.1. The number of nitrogens with zero attached hydrogens (tertiary/aromatic N) is 2. The molecule has 0 spiro atoms. The van der Waals surface area contributed by atoms with E-state index in [2.05, 4.69) is 43.0 Å². The molecular weight excluding hydrogens is 357 g/mol. The van der Waals surface area contributed by atoms with Crippen LogP contribution in [0.2, 0.25) is 0 Å². The molecule has 1 saturated carbocycles. The van der Waals surface area contributed by atoms with Gasteiger partial charge in [0.2, 0.25) is 5.91 Å². The molecule has 0 radical (unpaired) electrons. The molecule has 25 heavy (non-hydrogen) atoms. The molecule has 4 nitrogen and oxygen atoms in total. The smallest absolute Gasteiger partial charge is 0.227 e. The van der Waals surface area contributed by atoms with Gasteiger partial charge in [-0.15, -0.1) is 24.8 Å². The highest BCUT2D eigenvalue weighted by Crippen LogP contribution is 2.33. The average molecular weight is 388 g/mol. The lowest BCUT2D eigenvalue weighted by Gasteiger charge is -2.43. The van der Waals surface area contributed by atoms with Crippen molar-refractivity contribution in [2.75, 3.05) is 31.1 Å². The van der Waals surface area contributed by atoms with Gasteiger partial charge in [0.1, 0.15) is 0 Å². The molecule has 6 heteroatoms. The number of carbonyl (C=O) groups excluding carboxylic acids is 1. The highest BCUT2D eigenvalue weighted by molar-refractivity contribution is 5.85. The highest BCUT2D eigenvalue weighted by Gasteiger charge is 2.40. The van der Waals surface area contributed by atoms with Crippen LogP contribution in [0.5, 0.6) is 0 Å². The number of aryl methyl sites for hydroxylation is 1. The summed E-state index contributed by atoms with van der Waals surface area (Å²) in [5.74, 6) is 0.278. The lowest BCUT2D eigenvalue weighted by atomic mass is 9.74. The second-order valence-electron chi connectivity index (χ2n) is 7.46. The van der Waals surface area contributed by atoms with Gasteiger partial charge in [-0.05, 0) is 44.4 Å². The minimum Gasteiger partial charge on any atom is -0.368 e. The molecule has 3 rings (SSSR count). The summed E-state index contributed by atoms with van der Waals surface area (Å²) in [4.78, 5) is 17.3. The van der Waals surface area contributed by atoms with E-state index in [-0.39, 0.29) is 42.2 Å². The molecule has 2 fully saturated rings. The zero-order valence-electron chi connectivity index (χ0n) is 15.2. The third kappa shape index (κ3) is 5.02. The fourth-order valence-electron chi connectivity index (χ4n) is 3.99. The van der Waals surface area contributed by atoms with Crippen LogP contribution in [0.3, 0.4) is 0 Å². The van der Waals surface area contributed by atoms with Crippen LogP contribution in [-0.4, -0.2) is 42.5 Å². The fraction of sp³-hybridized carbons (Fsp3) is 0.632. The number of benzene rings is 1. The molecule has 1 aromatic carbocycles. The van der Waals surface area contributed by atoms with Gasteiger partial charge in [0.15, 0.2) is 0 Å². The van der Waals surface area contributed by atoms with Gasteiger partial charge in [-0.25, -0.2) is 0 Å². The lowest BCUT2D eigenvalue weighted by molar-refractivity contribution is -0.139. The van der Waals surface area contributed by atoms with Gasteiger partial charge >= 0.3 is 0 Å². The number of amides is 1. The van der Waals surface area contributed by atoms with Crippen molar-refractivity contribution in [3.63, 3.8) is 0 Å². The SMILES string of the molecule is Cc1cccc(N2CCN(C(=O)C3CCCCC3(C)N)CC2)c1.Cl.Cl. The predicted octanol–water partition coefficient (Wildman–Crippen LogP) is 3.39. The van der Waals surface area contributed by atoms with Crippen LogP contribution in [0.15, 0.2) is 24.3 Å². The summed E-state index contributed by atoms with van der Waals surface area (Å²) in [6, 6.07) is 8.59. The zero-order valence-corrected chi connectivity index (χ0v) is 16.9. The number of piperazine rings is 1. The first-order valence-corrected chi connectivity index (χ1v) is 8.87. The van der Waals surface area contributed by atoms with E-state index in [1.165, 1.54) is 11.3 Å². The molecule has 1 aromatic rings. The predicted molar refractivity (Wildman–Crippen MR) is 109 cm³/mol. The van der Waals surface area contributed by atoms with Gasteiger partial charge in [0.05, 0.1) is 5.92 Å². The summed E-state index contributed by atoms with van der Waals surface area (Å²) < 4.78 is 0. The molecule has 2 atom stereocenters. The Kier molecular flexibility index (Phi) is 8.04. The maximum atomic E-state index is 12.9. The Morgan fingerprint density at radius 2 is 1.84 bits per heavy atom. The van der Waals surface area contributed by atoms with Crippen LogP contribution >= 0.6 is 24.8 Å². The summed E-state index contributed by atoms with van der Waals surface area (Å²) in [7, 11) is 0. The number of hydrogen-bond acceptors (Lipinski definition) is 3. The van der Waals surface area contributed by atoms with Crippen molar-refractivity contribution in [2.45, 2.75) is 45.1 Å². The van der Waals surface area contributed by atoms with Gasteiger partial charge < -0.3 is 15.5 Å². The monoisotopic (exact) mass is 387 g/mol. The van der Waals surface area contributed by atoms with Crippen LogP contribution in [0.25, 0.3) is 0 Å². The third-order valence-corrected chi connectivity index (χ3v) is 5.51. The van der Waals surface area contributed by atoms with Crippen molar-refractivity contribution in [1.29, 1.82) is 0 Å². The molecule has 142 valence electrons. The lowest BCUT2D eigenvalue weighted by Crippen LogP contribution is -2.57. The van der Waals surface area contributed by atoms with E-state index in [0.29, 0.717) is 0 Å². The quantitative estimate of drug-likeness (QED) is 0.845. The summed E-state index contributed by atoms with van der Waals surface area (Å²) >= 11 is 0. The largest absolute Gasteiger partial charge is 0.368 e. The zero-order chi connectivity index (χ0) is 16.4. The molecule has 2 aliphatic rings. The molecule has 1 aliphatic heterocycles. The summed E-state index contributed by atoms with van der Waals surface area (Å²) in [5, 5.41) is 0. The number of rotatable bonds is 2. The van der Waals surface area contributed by atoms with Crippen molar-refractivity contribution in [3.05, 3.63) is 29.8 Å². The average Bonchev–Trinajstić information content (AvgIpc) is 2.54. The Balaban J connectivity index is 0.00000156. The normalized spacial score (nSPS) is 26.4. The Morgan fingerprint density at radius 1 is 1.16 bits per heavy atom. The highest BCUT2D eigenvalue weighted by atomic mass is 35.5. The van der Waals surface area contributed by atoms with E-state index in [0.717, 1.165) is 51.9 Å². The summed E-state index contributed by atoms with van der Waals surface area (Å²) in [5.41, 5.74) is 8.62. The first-order chi connectivity index (χ1) is 11.0. The Morgan fingerprint density at radius 3 is 2.44 bits per heavy atom. The second kappa shape index (κ2) is 9.11. The number of halogens is 2. The van der Waals surface area contributed by atoms with Crippen LogP contribution < -0.4 is 10.6 Å². The first-order valence-electron chi connectivity index (χ1n) is 8.87. The van der Waals surface area contributed by atoms with Crippen molar-refractivity contribution in [3.8, 4) is 0 Å². The minimum atomic E-state index is -0.330. The van der Waals surface area contributed by atoms with Crippen LogP contribution in [0.4, 0.5) is 5.69 Å². The maximum absolute atomic E-state index is 12.9. The number of carbonyl (C=O) groups is 1. The second-order valence-corrected chi connectivity index (χ2v) is 7.46. The van der Waals surface area contributed by atoms with E-state index in [4.69, 9.17) is 5.73 Å². The standard InChI is InChI=1S/C19H29N3O.2ClH/c1-15-6-5-7-16(14-15)21-10-12-22(13-11-21)18(23)17-8-3-4-9-19(17,2)20;;/h5-7,14,17H,3-4,8-13,20H2,1-2H3;2*1H. The Bertz CT molecular complexity index is 572. The van der Waals surface area contributed by atoms with E-state index < -0.39 is 0 Å². The number of hydrogen-bond donors (Lipinski definition) is 1. The minimum absolute atomic E-state index is 0. The maximum Gasteiger partial charge on any atom is 0.227 e. The van der Waals surface area contributed by atoms with E-state index in [9.17, 15) is 4.79 Å². The molecular formula is C19H31Cl2N3O. The van der Waals surface area contributed by atoms with Crippen molar-refractivity contribution < 1.29 is 4.79 Å². The molecule has 1 amide bonds. The van der Waals surface area contributed by atoms with Crippen molar-refractivity contribution in [1.82, 2.24) is 4.90 Å². The number of anilines is 1. The van der Waals surface area contributed by atoms with Crippen LogP contribution in [-0.2, 0) is 4.79 Å². The Labute approximate surface area is 163 Å². The van der Waals surface area contributed by atoms with Crippen molar-refractivity contribution in [2.24, 2.45) is 11.7 Å². The summed E-state index contributed by atoms with van der Waals surface area (Å²) in [6.07, 6.45) is 4.20. The molecule has 0 aromatic heterocycles. The fourth-order valence-corrected chi connectivity index (χ4v) is 3.99. The van der Waals surface area contributed by atoms with Gasteiger partial charge in [-0.2, -0.15) is 0 Å². The van der Waals surface area contributed by atoms with Gasteiger partial charge in [-0.1, -0.05) is 25.0 Å². The van der Waals surface area contributed by atoms with E-state index in [1.54, 1.807) is 0 Å². The van der Waals surface area contributed by atoms with Gasteiger partial charge in [0.25, 0.3) is 0 Å². The Hall–Kier alpha value is -0.970. The molecule has 1 saturated heterocycles. The molecule has 1 aliphatic carbocycles. The molecule has 1 heterocycles. The summed E-state index contributed by atoms with van der Waals surface area (Å²) in [6.45, 7) is 7.59. The number of nitrogens with two attached hydrogens (primary N) is 1. The molecule has 2 N–H and O–H groups in total. The van der Waals surface area contributed by atoms with Gasteiger partial charge in [-0.3, -0.25) is 4.79 Å². The van der Waals surface area contributed by atoms with E-state index >= 15 is 0 Å². The molecule has 2 unspecified atom stereocenters. The van der Waals surface area contributed by atoms with Crippen LogP contribution in [0, 0.1) is 12.8 Å². The third-order valence-electron chi connectivity index (χ3n) is 5.51. The van der Waals surface area contributed by atoms with E-state index in [1.807, 2.05) is 4.90 Å². The topological polar surface area (TPSA) is 49.6 Å². The molecule has 0 bridgehead atoms. The van der Waals surface area contributed by atoms with Crippen molar-refractivity contribution >= 4 is 36.4 Å². The van der Waals surface area contributed by atoms with Crippen LogP contribution in [0.1, 0.15) is 38.2 Å². The van der Waals surface area contributed by atoms with Gasteiger partial charge in [0, 0.05) is 37.4 Å².